The summed E-state index contributed by atoms with van der Waals surface area (Å²) in [7, 11) is -3.44. The van der Waals surface area contributed by atoms with E-state index >= 15 is 0 Å². The number of furan rings is 1. The molecule has 2 aromatic heterocycles. The van der Waals surface area contributed by atoms with Crippen LogP contribution in [0, 0.1) is 0 Å². The third kappa shape index (κ3) is 3.20. The van der Waals surface area contributed by atoms with Crippen LogP contribution in [0.3, 0.4) is 0 Å². The van der Waals surface area contributed by atoms with Gasteiger partial charge in [0.2, 0.25) is 10.0 Å². The zero-order chi connectivity index (χ0) is 13.0. The first kappa shape index (κ1) is 13.3. The lowest BCUT2D eigenvalue weighted by Gasteiger charge is -2.03. The third-order valence-electron chi connectivity index (χ3n) is 2.38. The summed E-state index contributed by atoms with van der Waals surface area (Å²) < 4.78 is 31.5. The molecule has 0 atom stereocenters. The maximum absolute atomic E-state index is 11.9. The van der Waals surface area contributed by atoms with Gasteiger partial charge in [-0.3, -0.25) is 0 Å². The van der Waals surface area contributed by atoms with Crippen molar-refractivity contribution in [1.82, 2.24) is 4.72 Å². The van der Waals surface area contributed by atoms with Crippen molar-refractivity contribution in [2.45, 2.75) is 17.9 Å². The van der Waals surface area contributed by atoms with Gasteiger partial charge in [0.05, 0.1) is 11.2 Å². The predicted molar refractivity (Wildman–Crippen MR) is 69.8 cm³/mol. The van der Waals surface area contributed by atoms with E-state index in [9.17, 15) is 8.42 Å². The van der Waals surface area contributed by atoms with Crippen molar-refractivity contribution in [3.8, 4) is 0 Å². The summed E-state index contributed by atoms with van der Waals surface area (Å²) >= 11 is 1.34. The Hall–Kier alpha value is -1.15. The number of thiophene rings is 1. The Labute approximate surface area is 110 Å². The molecule has 18 heavy (non-hydrogen) atoms. The smallest absolute Gasteiger partial charge is 0.241 e. The number of sulfonamides is 1. The number of hydrogen-bond acceptors (Lipinski definition) is 5. The Morgan fingerprint density at radius 3 is 2.89 bits per heavy atom. The summed E-state index contributed by atoms with van der Waals surface area (Å²) in [5.41, 5.74) is 5.45. The van der Waals surface area contributed by atoms with E-state index in [0.717, 1.165) is 10.6 Å². The van der Waals surface area contributed by atoms with Crippen LogP contribution in [0.5, 0.6) is 0 Å². The van der Waals surface area contributed by atoms with Crippen LogP contribution in [0.15, 0.2) is 39.2 Å². The molecule has 0 saturated heterocycles. The predicted octanol–water partition coefficient (Wildman–Crippen LogP) is 1.32. The molecule has 2 aromatic rings. The van der Waals surface area contributed by atoms with E-state index in [2.05, 4.69) is 4.72 Å². The summed E-state index contributed by atoms with van der Waals surface area (Å²) in [4.78, 5) is 1.12. The number of hydrogen-bond donors (Lipinski definition) is 2. The molecule has 0 radical (unpaired) electrons. The van der Waals surface area contributed by atoms with E-state index < -0.39 is 10.0 Å². The molecule has 0 aliphatic carbocycles. The van der Waals surface area contributed by atoms with Gasteiger partial charge in [0.1, 0.15) is 5.76 Å². The standard InChI is InChI=1S/C11H14N2O3S2/c12-7-10-6-11(8-17-10)18(14,15)13-4-3-9-2-1-5-16-9/h1-2,5-6,8,13H,3-4,7,12H2. The van der Waals surface area contributed by atoms with Crippen molar-refractivity contribution in [3.63, 3.8) is 0 Å². The molecule has 0 bridgehead atoms. The molecular formula is C11H14N2O3S2. The van der Waals surface area contributed by atoms with Crippen LogP contribution < -0.4 is 10.5 Å². The summed E-state index contributed by atoms with van der Waals surface area (Å²) in [6.45, 7) is 0.663. The van der Waals surface area contributed by atoms with Crippen LogP contribution in [0.25, 0.3) is 0 Å². The molecule has 0 fully saturated rings. The van der Waals surface area contributed by atoms with Gasteiger partial charge >= 0.3 is 0 Å². The van der Waals surface area contributed by atoms with Crippen molar-refractivity contribution in [1.29, 1.82) is 0 Å². The molecule has 0 aromatic carbocycles. The lowest BCUT2D eigenvalue weighted by atomic mass is 10.3. The van der Waals surface area contributed by atoms with Crippen molar-refractivity contribution < 1.29 is 12.8 Å². The summed E-state index contributed by atoms with van der Waals surface area (Å²) in [5, 5.41) is 1.59. The summed E-state index contributed by atoms with van der Waals surface area (Å²) in [6.07, 6.45) is 2.09. The Kier molecular flexibility index (Phi) is 4.18. The van der Waals surface area contributed by atoms with Gasteiger partial charge in [-0.05, 0) is 18.2 Å². The van der Waals surface area contributed by atoms with E-state index in [1.54, 1.807) is 23.8 Å². The second kappa shape index (κ2) is 5.66. The number of rotatable bonds is 6. The monoisotopic (exact) mass is 286 g/mol. The maximum Gasteiger partial charge on any atom is 0.241 e. The van der Waals surface area contributed by atoms with Gasteiger partial charge in [-0.25, -0.2) is 13.1 Å². The molecule has 0 saturated carbocycles. The molecule has 3 N–H and O–H groups in total. The minimum Gasteiger partial charge on any atom is -0.469 e. The summed E-state index contributed by atoms with van der Waals surface area (Å²) in [6, 6.07) is 5.18. The molecule has 2 heterocycles. The average molecular weight is 286 g/mol. The normalized spacial score (nSPS) is 11.8. The van der Waals surface area contributed by atoms with Gasteiger partial charge in [-0.15, -0.1) is 11.3 Å². The largest absolute Gasteiger partial charge is 0.469 e. The lowest BCUT2D eigenvalue weighted by molar-refractivity contribution is 0.506. The van der Waals surface area contributed by atoms with E-state index in [1.165, 1.54) is 11.3 Å². The molecular weight excluding hydrogens is 272 g/mol. The lowest BCUT2D eigenvalue weighted by Crippen LogP contribution is -2.25. The topological polar surface area (TPSA) is 85.3 Å². The second-order valence-corrected chi connectivity index (χ2v) is 6.44. The Bertz CT molecular complexity index is 588. The van der Waals surface area contributed by atoms with Crippen LogP contribution in [-0.4, -0.2) is 15.0 Å². The van der Waals surface area contributed by atoms with Gasteiger partial charge in [-0.2, -0.15) is 0 Å². The first-order valence-corrected chi connectivity index (χ1v) is 7.77. The third-order valence-corrected chi connectivity index (χ3v) is 4.93. The second-order valence-electron chi connectivity index (χ2n) is 3.68. The van der Waals surface area contributed by atoms with Crippen molar-refractivity contribution >= 4 is 21.4 Å². The zero-order valence-corrected chi connectivity index (χ0v) is 11.3. The fourth-order valence-corrected chi connectivity index (χ4v) is 3.64. The molecule has 5 nitrogen and oxygen atoms in total. The Balaban J connectivity index is 1.95. The van der Waals surface area contributed by atoms with Crippen molar-refractivity contribution in [2.24, 2.45) is 5.73 Å². The highest BCUT2D eigenvalue weighted by molar-refractivity contribution is 7.89. The van der Waals surface area contributed by atoms with E-state index in [0.29, 0.717) is 19.5 Å². The molecule has 0 amide bonds. The average Bonchev–Trinajstić information content (AvgIpc) is 2.99. The minimum atomic E-state index is -3.44. The minimum absolute atomic E-state index is 0.271. The van der Waals surface area contributed by atoms with Crippen LogP contribution in [0.1, 0.15) is 10.6 Å². The quantitative estimate of drug-likeness (QED) is 0.838. The van der Waals surface area contributed by atoms with E-state index in [4.69, 9.17) is 10.2 Å². The highest BCUT2D eigenvalue weighted by Crippen LogP contribution is 2.18. The highest BCUT2D eigenvalue weighted by Gasteiger charge is 2.15. The highest BCUT2D eigenvalue weighted by atomic mass is 32.2. The molecule has 0 aliphatic rings. The van der Waals surface area contributed by atoms with Crippen molar-refractivity contribution in [2.75, 3.05) is 6.54 Å². The fourth-order valence-electron chi connectivity index (χ4n) is 1.46. The fraction of sp³-hybridized carbons (Fsp3) is 0.273. The van der Waals surface area contributed by atoms with Crippen LogP contribution in [-0.2, 0) is 23.0 Å². The van der Waals surface area contributed by atoms with E-state index in [1.807, 2.05) is 6.07 Å². The van der Waals surface area contributed by atoms with Crippen molar-refractivity contribution in [3.05, 3.63) is 40.5 Å². The molecule has 0 unspecified atom stereocenters. The van der Waals surface area contributed by atoms with Crippen LogP contribution in [0.2, 0.25) is 0 Å². The van der Waals surface area contributed by atoms with Gasteiger partial charge < -0.3 is 10.2 Å². The molecule has 0 aliphatic heterocycles. The SMILES string of the molecule is NCc1cc(S(=O)(=O)NCCc2ccco2)cs1. The van der Waals surface area contributed by atoms with Crippen LogP contribution >= 0.6 is 11.3 Å². The maximum atomic E-state index is 11.9. The Morgan fingerprint density at radius 2 is 2.28 bits per heavy atom. The van der Waals surface area contributed by atoms with E-state index in [-0.39, 0.29) is 4.90 Å². The Morgan fingerprint density at radius 1 is 1.44 bits per heavy atom. The zero-order valence-electron chi connectivity index (χ0n) is 9.63. The summed E-state index contributed by atoms with van der Waals surface area (Å²) in [5.74, 6) is 0.755. The molecule has 2 rings (SSSR count). The molecule has 7 heteroatoms. The first-order chi connectivity index (χ1) is 8.62. The number of nitrogens with two attached hydrogens (primary N) is 1. The molecule has 0 spiro atoms. The van der Waals surface area contributed by atoms with Gasteiger partial charge in [0.25, 0.3) is 0 Å². The first-order valence-electron chi connectivity index (χ1n) is 5.41. The molecule has 98 valence electrons. The van der Waals surface area contributed by atoms with Gasteiger partial charge in [0, 0.05) is 29.8 Å². The van der Waals surface area contributed by atoms with Gasteiger partial charge in [0.15, 0.2) is 0 Å². The van der Waals surface area contributed by atoms with Crippen LogP contribution in [0.4, 0.5) is 0 Å². The number of nitrogens with one attached hydrogen (secondary N) is 1. The van der Waals surface area contributed by atoms with Gasteiger partial charge in [-0.1, -0.05) is 0 Å².